The summed E-state index contributed by atoms with van der Waals surface area (Å²) in [7, 11) is 1.53. The van der Waals surface area contributed by atoms with Crippen molar-refractivity contribution in [1.29, 1.82) is 5.26 Å². The number of hydrogen-bond donors (Lipinski definition) is 2. The van der Waals surface area contributed by atoms with E-state index in [1.165, 1.54) is 19.2 Å². The summed E-state index contributed by atoms with van der Waals surface area (Å²) in [4.78, 5) is 4.31. The molecule has 28 heavy (non-hydrogen) atoms. The van der Waals surface area contributed by atoms with Crippen LogP contribution in [0.15, 0.2) is 42.5 Å². The number of pyridine rings is 1. The molecule has 3 aromatic rings. The first-order valence-corrected chi connectivity index (χ1v) is 8.67. The average molecular weight is 382 g/mol. The number of ether oxygens (including phenoxy) is 2. The molecule has 1 heterocycles. The van der Waals surface area contributed by atoms with Crippen molar-refractivity contribution in [3.8, 4) is 28.8 Å². The maximum atomic E-state index is 13.8. The summed E-state index contributed by atoms with van der Waals surface area (Å²) in [5.74, 6) is 0.372. The van der Waals surface area contributed by atoms with Crippen LogP contribution in [0.1, 0.15) is 12.1 Å². The maximum Gasteiger partial charge on any atom is 0.222 e. The van der Waals surface area contributed by atoms with E-state index in [1.807, 2.05) is 0 Å². The van der Waals surface area contributed by atoms with E-state index in [1.54, 1.807) is 30.3 Å². The van der Waals surface area contributed by atoms with E-state index in [0.29, 0.717) is 27.6 Å². The van der Waals surface area contributed by atoms with Gasteiger partial charge in [0, 0.05) is 22.8 Å². The number of aromatic nitrogens is 1. The molecule has 2 aromatic carbocycles. The number of nitrogens with zero attached hydrogens (tertiary/aromatic N) is 2. The van der Waals surface area contributed by atoms with Crippen LogP contribution >= 0.6 is 0 Å². The highest BCUT2D eigenvalue weighted by Crippen LogP contribution is 2.37. The van der Waals surface area contributed by atoms with Gasteiger partial charge in [0.15, 0.2) is 5.69 Å². The molecule has 0 aliphatic rings. The first-order valence-electron chi connectivity index (χ1n) is 8.67. The zero-order chi connectivity index (χ0) is 20.1. The number of nitriles is 1. The van der Waals surface area contributed by atoms with Gasteiger partial charge in [-0.2, -0.15) is 5.26 Å². The summed E-state index contributed by atoms with van der Waals surface area (Å²) in [6, 6.07) is 13.2. The summed E-state index contributed by atoms with van der Waals surface area (Å²) < 4.78 is 24.8. The average Bonchev–Trinajstić information content (AvgIpc) is 2.72. The standard InChI is InChI=1S/C21H19FN2O4/c1-27-16-5-6-17-18(10-16)20(13-3-2-4-14(22)9-13)19(11-23)24-21(17)28-8-7-15(26)12-25/h2-6,9-10,15,25-26H,7-8,12H2,1H3/t15-/m1/s1. The third kappa shape index (κ3) is 4.03. The SMILES string of the molecule is COc1ccc2c(OCC[C@@H](O)CO)nc(C#N)c(-c3cccc(F)c3)c2c1. The summed E-state index contributed by atoms with van der Waals surface area (Å²) in [6.45, 7) is -0.253. The van der Waals surface area contributed by atoms with E-state index in [2.05, 4.69) is 11.1 Å². The quantitative estimate of drug-likeness (QED) is 0.652. The number of methoxy groups -OCH3 is 1. The zero-order valence-electron chi connectivity index (χ0n) is 15.2. The second-order valence-electron chi connectivity index (χ2n) is 6.15. The van der Waals surface area contributed by atoms with Crippen molar-refractivity contribution in [2.75, 3.05) is 20.3 Å². The van der Waals surface area contributed by atoms with Crippen LogP contribution in [0.4, 0.5) is 4.39 Å². The van der Waals surface area contributed by atoms with Gasteiger partial charge in [0.1, 0.15) is 17.6 Å². The summed E-state index contributed by atoms with van der Waals surface area (Å²) >= 11 is 0. The predicted molar refractivity (Wildman–Crippen MR) is 102 cm³/mol. The molecular weight excluding hydrogens is 363 g/mol. The van der Waals surface area contributed by atoms with Crippen molar-refractivity contribution in [2.45, 2.75) is 12.5 Å². The minimum absolute atomic E-state index is 0.0871. The van der Waals surface area contributed by atoms with Crippen molar-refractivity contribution in [3.05, 3.63) is 54.0 Å². The second kappa shape index (κ2) is 8.65. The number of halogens is 1. The number of hydrogen-bond acceptors (Lipinski definition) is 6. The molecule has 0 unspecified atom stereocenters. The molecule has 144 valence electrons. The minimum atomic E-state index is -0.895. The Bertz CT molecular complexity index is 1030. The van der Waals surface area contributed by atoms with E-state index < -0.39 is 11.9 Å². The van der Waals surface area contributed by atoms with Crippen LogP contribution in [0.25, 0.3) is 21.9 Å². The molecule has 7 heteroatoms. The highest BCUT2D eigenvalue weighted by molar-refractivity contribution is 6.01. The molecule has 3 rings (SSSR count). The van der Waals surface area contributed by atoms with Crippen molar-refractivity contribution in [1.82, 2.24) is 4.98 Å². The summed E-state index contributed by atoms with van der Waals surface area (Å²) in [5, 5.41) is 29.3. The van der Waals surface area contributed by atoms with Gasteiger partial charge < -0.3 is 19.7 Å². The largest absolute Gasteiger partial charge is 0.497 e. The van der Waals surface area contributed by atoms with Crippen molar-refractivity contribution in [2.24, 2.45) is 0 Å². The Morgan fingerprint density at radius 2 is 2.04 bits per heavy atom. The number of aliphatic hydroxyl groups is 2. The molecule has 1 atom stereocenters. The Kier molecular flexibility index (Phi) is 6.04. The molecule has 0 aliphatic heterocycles. The number of aliphatic hydroxyl groups excluding tert-OH is 2. The van der Waals surface area contributed by atoms with Crippen molar-refractivity contribution < 1.29 is 24.1 Å². The monoisotopic (exact) mass is 382 g/mol. The third-order valence-corrected chi connectivity index (χ3v) is 4.30. The van der Waals surface area contributed by atoms with E-state index in [4.69, 9.17) is 14.6 Å². The highest BCUT2D eigenvalue weighted by atomic mass is 19.1. The minimum Gasteiger partial charge on any atom is -0.497 e. The molecule has 0 aliphatic carbocycles. The van der Waals surface area contributed by atoms with Crippen molar-refractivity contribution in [3.63, 3.8) is 0 Å². The van der Waals surface area contributed by atoms with Crippen LogP contribution in [0, 0.1) is 17.1 Å². The topological polar surface area (TPSA) is 95.6 Å². The molecule has 0 fully saturated rings. The molecular formula is C21H19FN2O4. The molecule has 0 spiro atoms. The van der Waals surface area contributed by atoms with Gasteiger partial charge in [-0.3, -0.25) is 0 Å². The van der Waals surface area contributed by atoms with Gasteiger partial charge in [-0.05, 0) is 35.9 Å². The van der Waals surface area contributed by atoms with Gasteiger partial charge in [0.05, 0.1) is 26.4 Å². The molecule has 2 N–H and O–H groups in total. The normalized spacial score (nSPS) is 11.8. The van der Waals surface area contributed by atoms with Crippen LogP contribution in [-0.2, 0) is 0 Å². The molecule has 0 saturated heterocycles. The van der Waals surface area contributed by atoms with E-state index >= 15 is 0 Å². The lowest BCUT2D eigenvalue weighted by Crippen LogP contribution is -2.16. The fourth-order valence-corrected chi connectivity index (χ4v) is 2.90. The molecule has 0 amide bonds. The van der Waals surface area contributed by atoms with Crippen LogP contribution in [0.5, 0.6) is 11.6 Å². The Morgan fingerprint density at radius 3 is 2.71 bits per heavy atom. The molecule has 0 radical (unpaired) electrons. The Hall–Kier alpha value is -3.21. The van der Waals surface area contributed by atoms with Crippen LogP contribution in [0.3, 0.4) is 0 Å². The lowest BCUT2D eigenvalue weighted by molar-refractivity contribution is 0.0750. The Balaban J connectivity index is 2.17. The van der Waals surface area contributed by atoms with Gasteiger partial charge >= 0.3 is 0 Å². The van der Waals surface area contributed by atoms with Gasteiger partial charge in [-0.25, -0.2) is 9.37 Å². The lowest BCUT2D eigenvalue weighted by atomic mass is 9.97. The first kappa shape index (κ1) is 19.5. The summed E-state index contributed by atoms with van der Waals surface area (Å²) in [6.07, 6.45) is -0.683. The second-order valence-corrected chi connectivity index (χ2v) is 6.15. The fraction of sp³-hybridized carbons (Fsp3) is 0.238. The van der Waals surface area contributed by atoms with Gasteiger partial charge in [-0.15, -0.1) is 0 Å². The number of rotatable bonds is 7. The van der Waals surface area contributed by atoms with Crippen molar-refractivity contribution >= 4 is 10.8 Å². The molecule has 1 aromatic heterocycles. The van der Waals surface area contributed by atoms with Gasteiger partial charge in [0.2, 0.25) is 5.88 Å². The fourth-order valence-electron chi connectivity index (χ4n) is 2.90. The van der Waals surface area contributed by atoms with E-state index in [-0.39, 0.29) is 31.2 Å². The smallest absolute Gasteiger partial charge is 0.222 e. The lowest BCUT2D eigenvalue weighted by Gasteiger charge is -2.15. The molecule has 0 bridgehead atoms. The van der Waals surface area contributed by atoms with Crippen LogP contribution < -0.4 is 9.47 Å². The molecule has 6 nitrogen and oxygen atoms in total. The summed E-state index contributed by atoms with van der Waals surface area (Å²) in [5.41, 5.74) is 1.09. The van der Waals surface area contributed by atoms with Crippen LogP contribution in [0.2, 0.25) is 0 Å². The maximum absolute atomic E-state index is 13.8. The zero-order valence-corrected chi connectivity index (χ0v) is 15.2. The van der Waals surface area contributed by atoms with Crippen LogP contribution in [-0.4, -0.2) is 41.6 Å². The van der Waals surface area contributed by atoms with Gasteiger partial charge in [0.25, 0.3) is 0 Å². The Labute approximate surface area is 161 Å². The van der Waals surface area contributed by atoms with E-state index in [9.17, 15) is 14.8 Å². The van der Waals surface area contributed by atoms with Gasteiger partial charge in [-0.1, -0.05) is 12.1 Å². The predicted octanol–water partition coefficient (Wildman–Crippen LogP) is 3.04. The Morgan fingerprint density at radius 1 is 1.21 bits per heavy atom. The first-order chi connectivity index (χ1) is 13.6. The number of benzene rings is 2. The van der Waals surface area contributed by atoms with E-state index in [0.717, 1.165) is 0 Å². The third-order valence-electron chi connectivity index (χ3n) is 4.30. The number of fused-ring (bicyclic) bond motifs is 1. The molecule has 0 saturated carbocycles. The highest BCUT2D eigenvalue weighted by Gasteiger charge is 2.18.